The van der Waals surface area contributed by atoms with Crippen LogP contribution < -0.4 is 0 Å². The quantitative estimate of drug-likeness (QED) is 0.140. The van der Waals surface area contributed by atoms with Crippen molar-refractivity contribution in [3.63, 3.8) is 0 Å². The van der Waals surface area contributed by atoms with Crippen molar-refractivity contribution < 1.29 is 13.2 Å². The molecule has 4 nitrogen and oxygen atoms in total. The van der Waals surface area contributed by atoms with Gasteiger partial charge < -0.3 is 9.13 Å². The van der Waals surface area contributed by atoms with Crippen molar-refractivity contribution in [2.24, 2.45) is 0 Å². The molecule has 358 valence electrons. The second-order valence-corrected chi connectivity index (χ2v) is 19.0. The molecular weight excluding hydrogens is 942 g/mol. The van der Waals surface area contributed by atoms with Crippen molar-refractivity contribution in [1.82, 2.24) is 9.13 Å². The van der Waals surface area contributed by atoms with E-state index < -0.39 is 11.7 Å². The predicted molar refractivity (Wildman–Crippen MR) is 304 cm³/mol. The number of fused-ring (bicyclic) bond motifs is 6. The zero-order chi connectivity index (χ0) is 51.5. The summed E-state index contributed by atoms with van der Waals surface area (Å²) in [6, 6.07) is 84.7. The van der Waals surface area contributed by atoms with Gasteiger partial charge in [0.2, 0.25) is 0 Å². The third-order valence-electron chi connectivity index (χ3n) is 14.6. The molecular formula is C69H41F3N4. The molecule has 0 saturated carbocycles. The van der Waals surface area contributed by atoms with E-state index in [0.717, 1.165) is 112 Å². The third kappa shape index (κ3) is 7.87. The first kappa shape index (κ1) is 45.6. The van der Waals surface area contributed by atoms with E-state index in [1.165, 1.54) is 6.07 Å². The van der Waals surface area contributed by atoms with Crippen molar-refractivity contribution in [3.05, 3.63) is 271 Å². The molecule has 76 heavy (non-hydrogen) atoms. The van der Waals surface area contributed by atoms with E-state index in [0.29, 0.717) is 27.8 Å². The number of halogens is 3. The average Bonchev–Trinajstić information content (AvgIpc) is 4.06. The molecule has 13 rings (SSSR count). The van der Waals surface area contributed by atoms with Gasteiger partial charge in [0.05, 0.1) is 51.6 Å². The number of rotatable bonds is 8. The zero-order valence-electron chi connectivity index (χ0n) is 40.6. The minimum Gasteiger partial charge on any atom is -0.309 e. The summed E-state index contributed by atoms with van der Waals surface area (Å²) >= 11 is 0. The van der Waals surface area contributed by atoms with Crippen molar-refractivity contribution in [2.75, 3.05) is 0 Å². The Morgan fingerprint density at radius 1 is 0.355 bits per heavy atom. The smallest absolute Gasteiger partial charge is 0.309 e. The van der Waals surface area contributed by atoms with Gasteiger partial charge in [-0.15, -0.1) is 0 Å². The topological polar surface area (TPSA) is 38.0 Å². The first-order chi connectivity index (χ1) is 37.2. The van der Waals surface area contributed by atoms with E-state index in [1.54, 1.807) is 0 Å². The second-order valence-electron chi connectivity index (χ2n) is 19.0. The van der Waals surface area contributed by atoms with Crippen LogP contribution in [0, 0.1) is 17.9 Å². The van der Waals surface area contributed by atoms with Gasteiger partial charge in [-0.05, 0) is 141 Å². The molecule has 0 fully saturated rings. The number of hydrogen-bond donors (Lipinski definition) is 0. The minimum absolute atomic E-state index is 0.121. The molecule has 0 saturated heterocycles. The molecule has 0 aliphatic heterocycles. The molecule has 0 aliphatic carbocycles. The Hall–Kier alpha value is -10.2. The number of hydrogen-bond acceptors (Lipinski definition) is 1. The highest BCUT2D eigenvalue weighted by Gasteiger charge is 2.31. The maximum Gasteiger partial charge on any atom is 0.415 e. The molecule has 0 amide bonds. The van der Waals surface area contributed by atoms with E-state index in [4.69, 9.17) is 6.57 Å². The number of nitriles is 1. The molecule has 0 aliphatic rings. The summed E-state index contributed by atoms with van der Waals surface area (Å²) in [4.78, 5) is 3.65. The summed E-state index contributed by atoms with van der Waals surface area (Å²) in [5, 5.41) is 14.9. The lowest BCUT2D eigenvalue weighted by Gasteiger charge is -2.20. The van der Waals surface area contributed by atoms with Crippen molar-refractivity contribution in [3.8, 4) is 84.2 Å². The number of alkyl halides is 3. The number of benzene rings is 11. The van der Waals surface area contributed by atoms with Crippen LogP contribution in [0.2, 0.25) is 0 Å². The van der Waals surface area contributed by atoms with Gasteiger partial charge in [0.1, 0.15) is 0 Å². The van der Waals surface area contributed by atoms with Crippen LogP contribution in [0.1, 0.15) is 11.1 Å². The molecule has 11 aromatic carbocycles. The standard InChI is InChI=1S/C69H41F3N4/c1-74-62-42-54(69(70,71)72)28-29-55(62)53-27-35-68(76-66-33-25-51(47-18-10-4-11-19-47)39-59(66)60-40-52(26-34-67(60)76)48-20-12-5-13-21-48)61(41-53)56-36-44(43-73)22-30-63(56)75-64-31-23-49(45-14-6-2-7-15-45)37-57(64)58-38-50(24-32-65(58)75)46-16-8-3-9-17-46/h2-42H. The molecule has 13 aromatic rings. The van der Waals surface area contributed by atoms with Gasteiger partial charge in [-0.25, -0.2) is 4.85 Å². The largest absolute Gasteiger partial charge is 0.415 e. The van der Waals surface area contributed by atoms with Gasteiger partial charge in [0, 0.05) is 38.2 Å². The van der Waals surface area contributed by atoms with Crippen LogP contribution in [-0.4, -0.2) is 9.13 Å². The van der Waals surface area contributed by atoms with Gasteiger partial charge in [-0.3, -0.25) is 0 Å². The van der Waals surface area contributed by atoms with Crippen LogP contribution in [-0.2, 0) is 6.18 Å². The normalized spacial score (nSPS) is 11.6. The highest BCUT2D eigenvalue weighted by molar-refractivity contribution is 6.14. The van der Waals surface area contributed by atoms with Gasteiger partial charge in [-0.2, -0.15) is 18.4 Å². The summed E-state index contributed by atoms with van der Waals surface area (Å²) in [6.45, 7) is 8.14. The van der Waals surface area contributed by atoms with Crippen molar-refractivity contribution in [1.29, 1.82) is 5.26 Å². The summed E-state index contributed by atoms with van der Waals surface area (Å²) < 4.78 is 47.1. The Labute approximate surface area is 436 Å². The van der Waals surface area contributed by atoms with E-state index in [-0.39, 0.29) is 5.69 Å². The van der Waals surface area contributed by atoms with Crippen LogP contribution in [0.3, 0.4) is 0 Å². The van der Waals surface area contributed by atoms with Crippen LogP contribution >= 0.6 is 0 Å². The molecule has 0 radical (unpaired) electrons. The fraction of sp³-hybridized carbons (Fsp3) is 0.0145. The summed E-state index contributed by atoms with van der Waals surface area (Å²) in [6.07, 6.45) is -4.64. The lowest BCUT2D eigenvalue weighted by Crippen LogP contribution is -2.04. The first-order valence-corrected chi connectivity index (χ1v) is 24.9. The molecule has 7 heteroatoms. The number of aromatic nitrogens is 2. The zero-order valence-corrected chi connectivity index (χ0v) is 40.6. The highest BCUT2D eigenvalue weighted by Crippen LogP contribution is 2.46. The Morgan fingerprint density at radius 3 is 1.09 bits per heavy atom. The van der Waals surface area contributed by atoms with E-state index in [2.05, 4.69) is 141 Å². The lowest BCUT2D eigenvalue weighted by atomic mass is 9.93. The fourth-order valence-corrected chi connectivity index (χ4v) is 11.0. The summed E-state index contributed by atoms with van der Waals surface area (Å²) in [5.41, 5.74) is 15.6. The van der Waals surface area contributed by atoms with Crippen LogP contribution in [0.25, 0.3) is 127 Å². The van der Waals surface area contributed by atoms with Gasteiger partial charge in [0.25, 0.3) is 0 Å². The minimum atomic E-state index is -4.64. The molecule has 2 aromatic heterocycles. The van der Waals surface area contributed by atoms with Crippen LogP contribution in [0.15, 0.2) is 249 Å². The SMILES string of the molecule is [C-]#[N+]c1cc(C(F)(F)F)ccc1-c1ccc(-n2c3ccc(-c4ccccc4)cc3c3cc(-c4ccccc4)ccc32)c(-c2cc(C#N)ccc2-n2c3ccc(-c4ccccc4)cc3c3cc(-c4ccccc4)ccc32)c1. The summed E-state index contributed by atoms with van der Waals surface area (Å²) in [7, 11) is 0. The monoisotopic (exact) mass is 982 g/mol. The van der Waals surface area contributed by atoms with Gasteiger partial charge in [-0.1, -0.05) is 164 Å². The Balaban J connectivity index is 1.12. The van der Waals surface area contributed by atoms with Gasteiger partial charge >= 0.3 is 6.18 Å². The Morgan fingerprint density at radius 2 is 0.724 bits per heavy atom. The Kier molecular flexibility index (Phi) is 11.0. The summed E-state index contributed by atoms with van der Waals surface area (Å²) in [5.74, 6) is 0. The molecule has 0 spiro atoms. The molecule has 0 unspecified atom stereocenters. The number of nitrogens with zero attached hydrogens (tertiary/aromatic N) is 4. The lowest BCUT2D eigenvalue weighted by molar-refractivity contribution is -0.137. The maximum absolute atomic E-state index is 14.2. The predicted octanol–water partition coefficient (Wildman–Crippen LogP) is 19.3. The van der Waals surface area contributed by atoms with Crippen molar-refractivity contribution >= 4 is 49.3 Å². The average molecular weight is 983 g/mol. The van der Waals surface area contributed by atoms with Crippen LogP contribution in [0.4, 0.5) is 18.9 Å². The molecule has 2 heterocycles. The van der Waals surface area contributed by atoms with Crippen LogP contribution in [0.5, 0.6) is 0 Å². The fourth-order valence-electron chi connectivity index (χ4n) is 11.0. The first-order valence-electron chi connectivity index (χ1n) is 24.9. The van der Waals surface area contributed by atoms with E-state index >= 15 is 0 Å². The van der Waals surface area contributed by atoms with Gasteiger partial charge in [0.15, 0.2) is 5.69 Å². The van der Waals surface area contributed by atoms with E-state index in [1.807, 2.05) is 109 Å². The second kappa shape index (κ2) is 18.4. The highest BCUT2D eigenvalue weighted by atomic mass is 19.4. The molecule has 0 bridgehead atoms. The molecule has 0 atom stereocenters. The Bertz CT molecular complexity index is 4310. The molecule has 0 N–H and O–H groups in total. The van der Waals surface area contributed by atoms with Crippen molar-refractivity contribution in [2.45, 2.75) is 6.18 Å². The van der Waals surface area contributed by atoms with E-state index in [9.17, 15) is 18.4 Å². The third-order valence-corrected chi connectivity index (χ3v) is 14.6. The maximum atomic E-state index is 14.2.